The van der Waals surface area contributed by atoms with Crippen molar-refractivity contribution < 1.29 is 19.5 Å². The fourth-order valence-electron chi connectivity index (χ4n) is 6.55. The fourth-order valence-corrected chi connectivity index (χ4v) is 6.55. The second-order valence-electron chi connectivity index (χ2n) is 12.6. The van der Waals surface area contributed by atoms with Crippen LogP contribution in [0.25, 0.3) is 16.7 Å². The Bertz CT molecular complexity index is 1720. The molecule has 0 bridgehead atoms. The molecule has 1 aromatic heterocycles. The van der Waals surface area contributed by atoms with E-state index >= 15 is 0 Å². The molecule has 216 valence electrons. The molecule has 1 saturated heterocycles. The number of nitrogens with zero attached hydrogens (tertiary/aromatic N) is 4. The van der Waals surface area contributed by atoms with E-state index in [1.165, 1.54) is 15.8 Å². The molecule has 0 unspecified atom stereocenters. The van der Waals surface area contributed by atoms with Crippen molar-refractivity contribution >= 4 is 28.8 Å². The van der Waals surface area contributed by atoms with Crippen LogP contribution in [0.3, 0.4) is 0 Å². The molecule has 10 heteroatoms. The van der Waals surface area contributed by atoms with Gasteiger partial charge in [0.2, 0.25) is 0 Å². The topological polar surface area (TPSA) is 129 Å². The number of aromatic nitrogens is 3. The zero-order chi connectivity index (χ0) is 30.0. The predicted octanol–water partition coefficient (Wildman–Crippen LogP) is 4.27. The summed E-state index contributed by atoms with van der Waals surface area (Å²) in [5.74, 6) is -1.16. The number of carbonyl (C=O) groups excluding carboxylic acids is 3. The van der Waals surface area contributed by atoms with Gasteiger partial charge in [0.15, 0.2) is 0 Å². The third kappa shape index (κ3) is 4.92. The molecule has 3 amide bonds. The highest BCUT2D eigenvalue weighted by atomic mass is 16.3. The van der Waals surface area contributed by atoms with Gasteiger partial charge < -0.3 is 15.7 Å². The molecule has 0 aliphatic carbocycles. The number of hydrogen-bond acceptors (Lipinski definition) is 7. The number of phenolic OH excluding ortho intramolecular Hbond substituents is 1. The summed E-state index contributed by atoms with van der Waals surface area (Å²) in [6.45, 7) is 10.2. The average Bonchev–Trinajstić information content (AvgIpc) is 3.45. The van der Waals surface area contributed by atoms with Crippen molar-refractivity contribution in [1.29, 1.82) is 0 Å². The van der Waals surface area contributed by atoms with E-state index in [-0.39, 0.29) is 52.4 Å². The van der Waals surface area contributed by atoms with E-state index in [4.69, 9.17) is 0 Å². The molecule has 0 radical (unpaired) electrons. The van der Waals surface area contributed by atoms with Crippen LogP contribution >= 0.6 is 0 Å². The molecule has 4 aromatic rings. The fraction of sp³-hybridized carbons (Fsp3) is 0.344. The van der Waals surface area contributed by atoms with E-state index in [9.17, 15) is 19.5 Å². The zero-order valence-electron chi connectivity index (χ0n) is 24.4. The predicted molar refractivity (Wildman–Crippen MR) is 158 cm³/mol. The number of hydrogen-bond donors (Lipinski definition) is 3. The second-order valence-corrected chi connectivity index (χ2v) is 12.6. The summed E-state index contributed by atoms with van der Waals surface area (Å²) in [6, 6.07) is 15.3. The van der Waals surface area contributed by atoms with Crippen LogP contribution in [0, 0.1) is 6.92 Å². The van der Waals surface area contributed by atoms with Gasteiger partial charge in [0, 0.05) is 34.8 Å². The molecule has 2 aliphatic rings. The number of imide groups is 1. The minimum atomic E-state index is -0.425. The number of nitrogens with one attached hydrogen (secondary N) is 2. The smallest absolute Gasteiger partial charge is 0.261 e. The van der Waals surface area contributed by atoms with Crippen molar-refractivity contribution in [2.75, 3.05) is 0 Å². The van der Waals surface area contributed by atoms with E-state index in [1.54, 1.807) is 24.3 Å². The number of benzene rings is 3. The summed E-state index contributed by atoms with van der Waals surface area (Å²) >= 11 is 0. The van der Waals surface area contributed by atoms with Crippen LogP contribution in [-0.4, -0.2) is 59.8 Å². The van der Waals surface area contributed by atoms with E-state index in [0.717, 1.165) is 5.56 Å². The highest BCUT2D eigenvalue weighted by molar-refractivity contribution is 6.22. The number of rotatable bonds is 5. The first kappa shape index (κ1) is 27.6. The third-order valence-electron chi connectivity index (χ3n) is 7.97. The molecular weight excluding hydrogens is 532 g/mol. The Morgan fingerprint density at radius 3 is 2.21 bits per heavy atom. The summed E-state index contributed by atoms with van der Waals surface area (Å²) < 4.78 is 0. The first-order valence-corrected chi connectivity index (χ1v) is 14.1. The molecule has 3 aromatic carbocycles. The Hall–Kier alpha value is -4.57. The molecule has 42 heavy (non-hydrogen) atoms. The number of aryl methyl sites for hydroxylation is 1. The average molecular weight is 567 g/mol. The number of aromatic hydroxyl groups is 1. The number of carbonyl (C=O) groups is 3. The molecule has 0 atom stereocenters. The van der Waals surface area contributed by atoms with Gasteiger partial charge in [-0.1, -0.05) is 18.2 Å². The van der Waals surface area contributed by atoms with Crippen LogP contribution < -0.4 is 10.6 Å². The summed E-state index contributed by atoms with van der Waals surface area (Å²) in [7, 11) is 0. The third-order valence-corrected chi connectivity index (χ3v) is 7.97. The van der Waals surface area contributed by atoms with Crippen molar-refractivity contribution in [3.05, 3.63) is 82.4 Å². The summed E-state index contributed by atoms with van der Waals surface area (Å²) in [5.41, 5.74) is 3.48. The SMILES string of the molecule is Cc1cc(CNC(=O)c2ccc3c(c2)C(=O)N(C2CC(C)(C)NC(C)(C)C2)C3=O)c(O)c(-n2nc3ccccc3n2)c1. The quantitative estimate of drug-likeness (QED) is 0.308. The Labute approximate surface area is 243 Å². The van der Waals surface area contributed by atoms with Crippen LogP contribution in [0.4, 0.5) is 0 Å². The van der Waals surface area contributed by atoms with Crippen LogP contribution in [0.1, 0.15) is 82.7 Å². The summed E-state index contributed by atoms with van der Waals surface area (Å²) in [6.07, 6.45) is 1.28. The number of piperidine rings is 1. The molecule has 1 fully saturated rings. The molecule has 10 nitrogen and oxygen atoms in total. The number of fused-ring (bicyclic) bond motifs is 2. The van der Waals surface area contributed by atoms with Crippen molar-refractivity contribution in [1.82, 2.24) is 30.5 Å². The van der Waals surface area contributed by atoms with E-state index in [2.05, 4.69) is 48.5 Å². The summed E-state index contributed by atoms with van der Waals surface area (Å²) in [4.78, 5) is 42.8. The van der Waals surface area contributed by atoms with Crippen molar-refractivity contribution in [3.8, 4) is 11.4 Å². The first-order valence-electron chi connectivity index (χ1n) is 14.1. The van der Waals surface area contributed by atoms with Crippen LogP contribution in [0.15, 0.2) is 54.6 Å². The molecule has 0 spiro atoms. The van der Waals surface area contributed by atoms with Gasteiger partial charge in [-0.3, -0.25) is 19.3 Å². The molecule has 0 saturated carbocycles. The van der Waals surface area contributed by atoms with E-state index in [1.807, 2.05) is 31.2 Å². The lowest BCUT2D eigenvalue weighted by Gasteiger charge is -2.48. The van der Waals surface area contributed by atoms with Gasteiger partial charge in [-0.05, 0) is 89.4 Å². The minimum absolute atomic E-state index is 0.0372. The zero-order valence-corrected chi connectivity index (χ0v) is 24.4. The maximum atomic E-state index is 13.5. The largest absolute Gasteiger partial charge is 0.505 e. The number of phenols is 1. The Morgan fingerprint density at radius 2 is 1.57 bits per heavy atom. The molecule has 3 heterocycles. The highest BCUT2D eigenvalue weighted by Gasteiger charge is 2.47. The lowest BCUT2D eigenvalue weighted by atomic mass is 9.79. The molecular formula is C32H34N6O4. The maximum absolute atomic E-state index is 13.5. The lowest BCUT2D eigenvalue weighted by Crippen LogP contribution is -2.62. The minimum Gasteiger partial charge on any atom is -0.505 e. The Morgan fingerprint density at radius 1 is 0.952 bits per heavy atom. The van der Waals surface area contributed by atoms with E-state index < -0.39 is 5.91 Å². The van der Waals surface area contributed by atoms with E-state index in [0.29, 0.717) is 40.7 Å². The maximum Gasteiger partial charge on any atom is 0.261 e. The lowest BCUT2D eigenvalue weighted by molar-refractivity contribution is 0.0412. The van der Waals surface area contributed by atoms with Crippen LogP contribution in [-0.2, 0) is 6.54 Å². The van der Waals surface area contributed by atoms with Gasteiger partial charge in [-0.15, -0.1) is 15.0 Å². The van der Waals surface area contributed by atoms with Gasteiger partial charge in [-0.2, -0.15) is 0 Å². The van der Waals surface area contributed by atoms with Crippen LogP contribution in [0.5, 0.6) is 5.75 Å². The Kier molecular flexibility index (Phi) is 6.42. The van der Waals surface area contributed by atoms with Crippen molar-refractivity contribution in [2.24, 2.45) is 0 Å². The standard InChI is InChI=1S/C32H34N6O4/c1-18-12-20(27(39)26(13-18)38-34-24-8-6-7-9-25(24)35-38)17-33-28(40)19-10-11-22-23(14-19)30(42)37(29(22)41)21-15-31(2,3)36-32(4,5)16-21/h6-14,21,36,39H,15-17H2,1-5H3,(H,33,40). The van der Waals surface area contributed by atoms with Crippen LogP contribution in [0.2, 0.25) is 0 Å². The van der Waals surface area contributed by atoms with Gasteiger partial charge in [0.1, 0.15) is 22.5 Å². The van der Waals surface area contributed by atoms with Crippen molar-refractivity contribution in [2.45, 2.75) is 71.1 Å². The summed E-state index contributed by atoms with van der Waals surface area (Å²) in [5, 5.41) is 26.4. The normalized spacial score (nSPS) is 18.0. The van der Waals surface area contributed by atoms with Gasteiger partial charge in [0.25, 0.3) is 17.7 Å². The molecule has 2 aliphatic heterocycles. The van der Waals surface area contributed by atoms with Gasteiger partial charge >= 0.3 is 0 Å². The van der Waals surface area contributed by atoms with Gasteiger partial charge in [0.05, 0.1) is 11.1 Å². The molecule has 3 N–H and O–H groups in total. The van der Waals surface area contributed by atoms with Gasteiger partial charge in [-0.25, -0.2) is 0 Å². The highest BCUT2D eigenvalue weighted by Crippen LogP contribution is 2.36. The number of amides is 3. The second kappa shape index (κ2) is 9.77. The monoisotopic (exact) mass is 566 g/mol. The van der Waals surface area contributed by atoms with Crippen molar-refractivity contribution in [3.63, 3.8) is 0 Å². The molecule has 6 rings (SSSR count). The Balaban J connectivity index is 1.21. The first-order chi connectivity index (χ1) is 19.8.